The normalized spacial score (nSPS) is 21.1. The highest BCUT2D eigenvalue weighted by Crippen LogP contribution is 2.19. The Hall–Kier alpha value is -2.17. The number of hydrogen-bond acceptors (Lipinski definition) is 4. The molecule has 1 aromatic rings. The highest BCUT2D eigenvalue weighted by molar-refractivity contribution is 7.88. The summed E-state index contributed by atoms with van der Waals surface area (Å²) in [5.74, 6) is -1.81. The number of nitriles is 1. The van der Waals surface area contributed by atoms with Crippen molar-refractivity contribution in [2.75, 3.05) is 0 Å². The zero-order valence-corrected chi connectivity index (χ0v) is 11.9. The lowest BCUT2D eigenvalue weighted by atomic mass is 10.1. The lowest BCUT2D eigenvalue weighted by Crippen LogP contribution is -2.34. The fourth-order valence-corrected chi connectivity index (χ4v) is 3.49. The molecule has 1 aliphatic carbocycles. The number of nitrogens with one attached hydrogen (secondary N) is 1. The van der Waals surface area contributed by atoms with Crippen LogP contribution in [0.1, 0.15) is 17.5 Å². The summed E-state index contributed by atoms with van der Waals surface area (Å²) in [6, 6.07) is 7.75. The van der Waals surface area contributed by atoms with Gasteiger partial charge in [-0.15, -0.1) is 0 Å². The number of carbonyl (C=O) groups is 1. The third kappa shape index (κ3) is 4.15. The van der Waals surface area contributed by atoms with E-state index in [1.54, 1.807) is 30.3 Å². The van der Waals surface area contributed by atoms with Crippen LogP contribution in [-0.2, 0) is 20.6 Å². The minimum atomic E-state index is -3.56. The summed E-state index contributed by atoms with van der Waals surface area (Å²) in [5, 5.41) is 17.5. The third-order valence-corrected chi connectivity index (χ3v) is 4.55. The van der Waals surface area contributed by atoms with Crippen molar-refractivity contribution >= 4 is 16.0 Å². The number of sulfonamides is 1. The molecule has 0 radical (unpaired) electrons. The van der Waals surface area contributed by atoms with E-state index in [0.717, 1.165) is 0 Å². The number of rotatable bonds is 5. The standard InChI is InChI=1S/C14H14N2O4S/c15-8-10-1-3-11(4-2-10)9-21(19,20)16-13-6-5-12(7-13)14(17)18/h1-6,12-13,16H,7,9H2,(H,17,18). The molecule has 0 heterocycles. The summed E-state index contributed by atoms with van der Waals surface area (Å²) in [7, 11) is -3.56. The van der Waals surface area contributed by atoms with Crippen LogP contribution in [0, 0.1) is 17.2 Å². The molecule has 0 aliphatic heterocycles. The maximum absolute atomic E-state index is 12.0. The summed E-state index contributed by atoms with van der Waals surface area (Å²) in [6.07, 6.45) is 3.29. The molecule has 0 bridgehead atoms. The van der Waals surface area contributed by atoms with Crippen LogP contribution < -0.4 is 4.72 Å². The molecule has 0 fully saturated rings. The summed E-state index contributed by atoms with van der Waals surface area (Å²) in [4.78, 5) is 10.8. The van der Waals surface area contributed by atoms with Crippen LogP contribution in [0.5, 0.6) is 0 Å². The molecule has 2 unspecified atom stereocenters. The van der Waals surface area contributed by atoms with Gasteiger partial charge in [-0.1, -0.05) is 24.3 Å². The van der Waals surface area contributed by atoms with Crippen molar-refractivity contribution in [2.24, 2.45) is 5.92 Å². The van der Waals surface area contributed by atoms with Crippen molar-refractivity contribution in [1.82, 2.24) is 4.72 Å². The molecular weight excluding hydrogens is 292 g/mol. The Kier molecular flexibility index (Phi) is 4.40. The van der Waals surface area contributed by atoms with Gasteiger partial charge in [0.05, 0.1) is 23.3 Å². The van der Waals surface area contributed by atoms with E-state index in [0.29, 0.717) is 11.1 Å². The molecule has 1 aliphatic rings. The van der Waals surface area contributed by atoms with Crippen molar-refractivity contribution < 1.29 is 18.3 Å². The summed E-state index contributed by atoms with van der Waals surface area (Å²) in [5.41, 5.74) is 1.03. The maximum atomic E-state index is 12.0. The molecule has 6 nitrogen and oxygen atoms in total. The van der Waals surface area contributed by atoms with Gasteiger partial charge in [0.2, 0.25) is 10.0 Å². The quantitative estimate of drug-likeness (QED) is 0.789. The first-order valence-electron chi connectivity index (χ1n) is 6.30. The molecular formula is C14H14N2O4S. The van der Waals surface area contributed by atoms with E-state index in [-0.39, 0.29) is 12.2 Å². The van der Waals surface area contributed by atoms with Crippen LogP contribution in [0.2, 0.25) is 0 Å². The van der Waals surface area contributed by atoms with Gasteiger partial charge in [0.1, 0.15) is 0 Å². The predicted octanol–water partition coefficient (Wildman–Crippen LogP) is 1.01. The zero-order valence-electron chi connectivity index (χ0n) is 11.1. The third-order valence-electron chi connectivity index (χ3n) is 3.17. The first-order chi connectivity index (χ1) is 9.89. The van der Waals surface area contributed by atoms with Crippen LogP contribution in [0.4, 0.5) is 0 Å². The van der Waals surface area contributed by atoms with Crippen molar-refractivity contribution in [1.29, 1.82) is 5.26 Å². The lowest BCUT2D eigenvalue weighted by molar-refractivity contribution is -0.140. The van der Waals surface area contributed by atoms with Crippen LogP contribution >= 0.6 is 0 Å². The van der Waals surface area contributed by atoms with Gasteiger partial charge in [-0.05, 0) is 24.1 Å². The second-order valence-corrected chi connectivity index (χ2v) is 6.61. The largest absolute Gasteiger partial charge is 0.481 e. The average Bonchev–Trinajstić information content (AvgIpc) is 2.87. The lowest BCUT2D eigenvalue weighted by Gasteiger charge is -2.12. The molecule has 2 N–H and O–H groups in total. The van der Waals surface area contributed by atoms with Crippen LogP contribution in [0.3, 0.4) is 0 Å². The van der Waals surface area contributed by atoms with Gasteiger partial charge < -0.3 is 5.11 Å². The van der Waals surface area contributed by atoms with Gasteiger partial charge in [0, 0.05) is 6.04 Å². The molecule has 7 heteroatoms. The van der Waals surface area contributed by atoms with Gasteiger partial charge in [0.25, 0.3) is 0 Å². The minimum absolute atomic E-state index is 0.208. The van der Waals surface area contributed by atoms with E-state index >= 15 is 0 Å². The number of carboxylic acid groups (broad SMARTS) is 1. The van der Waals surface area contributed by atoms with Crippen molar-refractivity contribution in [3.8, 4) is 6.07 Å². The van der Waals surface area contributed by atoms with E-state index in [9.17, 15) is 13.2 Å². The Bertz CT molecular complexity index is 701. The topological polar surface area (TPSA) is 107 Å². The molecule has 0 saturated heterocycles. The van der Waals surface area contributed by atoms with Gasteiger partial charge in [-0.25, -0.2) is 13.1 Å². The van der Waals surface area contributed by atoms with Crippen LogP contribution in [0.25, 0.3) is 0 Å². The van der Waals surface area contributed by atoms with Crippen LogP contribution in [0.15, 0.2) is 36.4 Å². The number of benzene rings is 1. The SMILES string of the molecule is N#Cc1ccc(CS(=O)(=O)NC2C=CC(C(=O)O)C2)cc1. The molecule has 110 valence electrons. The first kappa shape index (κ1) is 15.2. The molecule has 2 rings (SSSR count). The molecule has 0 spiro atoms. The molecule has 0 aromatic heterocycles. The average molecular weight is 306 g/mol. The van der Waals surface area contributed by atoms with Crippen molar-refractivity contribution in [2.45, 2.75) is 18.2 Å². The van der Waals surface area contributed by atoms with Gasteiger partial charge in [-0.2, -0.15) is 5.26 Å². The second-order valence-electron chi connectivity index (χ2n) is 4.86. The first-order valence-corrected chi connectivity index (χ1v) is 7.95. The van der Waals surface area contributed by atoms with E-state index in [1.807, 2.05) is 6.07 Å². The van der Waals surface area contributed by atoms with E-state index in [1.165, 1.54) is 6.08 Å². The van der Waals surface area contributed by atoms with E-state index in [4.69, 9.17) is 10.4 Å². The molecule has 0 amide bonds. The monoisotopic (exact) mass is 306 g/mol. The van der Waals surface area contributed by atoms with Crippen LogP contribution in [-0.4, -0.2) is 25.5 Å². The molecule has 21 heavy (non-hydrogen) atoms. The predicted molar refractivity (Wildman–Crippen MR) is 75.6 cm³/mol. The Morgan fingerprint density at radius 2 is 2.00 bits per heavy atom. The fourth-order valence-electron chi connectivity index (χ4n) is 2.14. The Morgan fingerprint density at radius 1 is 1.33 bits per heavy atom. The summed E-state index contributed by atoms with van der Waals surface area (Å²) >= 11 is 0. The zero-order chi connectivity index (χ0) is 15.5. The molecule has 2 atom stereocenters. The Labute approximate surface area is 122 Å². The number of aliphatic carboxylic acids is 1. The number of hydrogen-bond donors (Lipinski definition) is 2. The van der Waals surface area contributed by atoms with Gasteiger partial charge in [-0.3, -0.25) is 4.79 Å². The van der Waals surface area contributed by atoms with Crippen molar-refractivity contribution in [3.05, 3.63) is 47.5 Å². The minimum Gasteiger partial charge on any atom is -0.481 e. The van der Waals surface area contributed by atoms with Gasteiger partial charge >= 0.3 is 5.97 Å². The Morgan fingerprint density at radius 3 is 2.52 bits per heavy atom. The second kappa shape index (κ2) is 6.08. The number of carboxylic acids is 1. The maximum Gasteiger partial charge on any atom is 0.310 e. The molecule has 1 aromatic carbocycles. The van der Waals surface area contributed by atoms with E-state index < -0.39 is 28.0 Å². The summed E-state index contributed by atoms with van der Waals surface area (Å²) < 4.78 is 26.5. The smallest absolute Gasteiger partial charge is 0.310 e. The summed E-state index contributed by atoms with van der Waals surface area (Å²) in [6.45, 7) is 0. The highest BCUT2D eigenvalue weighted by Gasteiger charge is 2.27. The Balaban J connectivity index is 1.98. The van der Waals surface area contributed by atoms with Crippen molar-refractivity contribution in [3.63, 3.8) is 0 Å². The van der Waals surface area contributed by atoms with Gasteiger partial charge in [0.15, 0.2) is 0 Å². The highest BCUT2D eigenvalue weighted by atomic mass is 32.2. The number of nitrogens with zero attached hydrogens (tertiary/aromatic N) is 1. The molecule has 0 saturated carbocycles. The van der Waals surface area contributed by atoms with E-state index in [2.05, 4.69) is 4.72 Å². The fraction of sp³-hybridized carbons (Fsp3) is 0.286.